The summed E-state index contributed by atoms with van der Waals surface area (Å²) in [6.07, 6.45) is 1.13. The van der Waals surface area contributed by atoms with Crippen LogP contribution in [0.5, 0.6) is 0 Å². The summed E-state index contributed by atoms with van der Waals surface area (Å²) >= 11 is 0. The molecule has 0 aromatic carbocycles. The Kier molecular flexibility index (Phi) is 8.04. The van der Waals surface area contributed by atoms with Gasteiger partial charge in [0, 0.05) is 30.2 Å². The van der Waals surface area contributed by atoms with Crippen molar-refractivity contribution in [2.75, 3.05) is 39.3 Å². The number of nitrogens with one attached hydrogen (secondary N) is 1. The van der Waals surface area contributed by atoms with Crippen molar-refractivity contribution >= 4 is 17.8 Å². The molecule has 0 radical (unpaired) electrons. The summed E-state index contributed by atoms with van der Waals surface area (Å²) in [6.45, 7) is 11.7. The van der Waals surface area contributed by atoms with Gasteiger partial charge in [0.15, 0.2) is 5.76 Å². The molecule has 11 nitrogen and oxygen atoms in total. The van der Waals surface area contributed by atoms with Gasteiger partial charge < -0.3 is 15.6 Å². The molecule has 11 heteroatoms. The monoisotopic (exact) mass is 442 g/mol. The molecule has 2 aliphatic heterocycles. The fourth-order valence-corrected chi connectivity index (χ4v) is 4.34. The number of carboxylic acid groups (broad SMARTS) is 1. The minimum atomic E-state index is -1.05. The van der Waals surface area contributed by atoms with Gasteiger partial charge in [-0.2, -0.15) is 5.06 Å². The fourth-order valence-electron chi connectivity index (χ4n) is 4.34. The third-order valence-electron chi connectivity index (χ3n) is 5.47. The van der Waals surface area contributed by atoms with Gasteiger partial charge >= 0.3 is 11.9 Å². The molecule has 3 N–H and O–H groups in total. The molecule has 2 rings (SSSR count). The summed E-state index contributed by atoms with van der Waals surface area (Å²) in [5, 5.41) is 23.9. The Morgan fingerprint density at radius 1 is 1.16 bits per heavy atom. The largest absolute Gasteiger partial charge is 0.480 e. The molecule has 0 aromatic heterocycles. The Balaban J connectivity index is 1.94. The fraction of sp³-hybridized carbons (Fsp3) is 0.750. The molecule has 0 aliphatic carbocycles. The van der Waals surface area contributed by atoms with Gasteiger partial charge in [-0.25, -0.2) is 9.68 Å². The molecule has 176 valence electrons. The van der Waals surface area contributed by atoms with E-state index in [1.165, 1.54) is 9.96 Å². The molecule has 2 heterocycles. The molecule has 0 bridgehead atoms. The molecule has 0 unspecified atom stereocenters. The second-order valence-corrected chi connectivity index (χ2v) is 9.50. The van der Waals surface area contributed by atoms with Crippen LogP contribution >= 0.6 is 0 Å². The lowest BCUT2D eigenvalue weighted by Crippen LogP contribution is -2.63. The van der Waals surface area contributed by atoms with E-state index in [1.54, 1.807) is 4.90 Å². The lowest BCUT2D eigenvalue weighted by Gasteiger charge is -2.51. The predicted molar refractivity (Wildman–Crippen MR) is 110 cm³/mol. The highest BCUT2D eigenvalue weighted by Crippen LogP contribution is 2.36. The maximum Gasteiger partial charge on any atom is 0.369 e. The van der Waals surface area contributed by atoms with Gasteiger partial charge in [-0.05, 0) is 40.5 Å². The van der Waals surface area contributed by atoms with E-state index in [4.69, 9.17) is 4.89 Å². The predicted octanol–water partition coefficient (Wildman–Crippen LogP) is 0.204. The Bertz CT molecular complexity index is 674. The van der Waals surface area contributed by atoms with E-state index in [0.717, 1.165) is 0 Å². The van der Waals surface area contributed by atoms with Gasteiger partial charge in [0.25, 0.3) is 0 Å². The van der Waals surface area contributed by atoms with Crippen molar-refractivity contribution in [2.24, 2.45) is 0 Å². The van der Waals surface area contributed by atoms with E-state index < -0.39 is 23.0 Å². The van der Waals surface area contributed by atoms with Gasteiger partial charge in [0.1, 0.15) is 6.54 Å². The number of aliphatic carboxylic acids is 1. The number of nitrogens with zero attached hydrogens (tertiary/aromatic N) is 3. The average Bonchev–Trinajstić information content (AvgIpc) is 2.77. The van der Waals surface area contributed by atoms with Crippen LogP contribution in [0.4, 0.5) is 0 Å². The quantitative estimate of drug-likeness (QED) is 0.448. The van der Waals surface area contributed by atoms with Crippen molar-refractivity contribution < 1.29 is 34.5 Å². The van der Waals surface area contributed by atoms with Crippen LogP contribution in [0.25, 0.3) is 0 Å². The average molecular weight is 443 g/mol. The maximum atomic E-state index is 12.7. The number of rotatable bonds is 8. The van der Waals surface area contributed by atoms with E-state index in [2.05, 4.69) is 16.8 Å². The van der Waals surface area contributed by atoms with Crippen molar-refractivity contribution in [1.29, 1.82) is 0 Å². The zero-order chi connectivity index (χ0) is 23.4. The number of hydroxylamine groups is 2. The Morgan fingerprint density at radius 2 is 1.77 bits per heavy atom. The molecule has 1 amide bonds. The smallest absolute Gasteiger partial charge is 0.369 e. The summed E-state index contributed by atoms with van der Waals surface area (Å²) in [4.78, 5) is 48.0. The first-order valence-corrected chi connectivity index (χ1v) is 10.3. The first-order valence-electron chi connectivity index (χ1n) is 10.3. The van der Waals surface area contributed by atoms with Crippen molar-refractivity contribution in [3.05, 3.63) is 12.3 Å². The zero-order valence-corrected chi connectivity index (χ0v) is 18.7. The Hall–Kier alpha value is -2.21. The minimum Gasteiger partial charge on any atom is -0.480 e. The van der Waals surface area contributed by atoms with Crippen molar-refractivity contribution in [2.45, 2.75) is 57.7 Å². The molecule has 0 saturated carbocycles. The highest BCUT2D eigenvalue weighted by Gasteiger charge is 2.45. The van der Waals surface area contributed by atoms with Crippen LogP contribution in [0.15, 0.2) is 12.3 Å². The number of hydrogen-bond donors (Lipinski definition) is 3. The molecular weight excluding hydrogens is 408 g/mol. The third-order valence-corrected chi connectivity index (χ3v) is 5.47. The summed E-state index contributed by atoms with van der Waals surface area (Å²) in [5.41, 5.74) is -1.02. The van der Waals surface area contributed by atoms with Gasteiger partial charge in [-0.3, -0.25) is 24.3 Å². The van der Waals surface area contributed by atoms with Crippen LogP contribution in [-0.2, 0) is 24.2 Å². The lowest BCUT2D eigenvalue weighted by atomic mass is 9.79. The van der Waals surface area contributed by atoms with Gasteiger partial charge in [-0.1, -0.05) is 6.58 Å². The van der Waals surface area contributed by atoms with Crippen LogP contribution < -0.4 is 5.32 Å². The number of carbonyl (C=O) groups is 3. The molecular formula is C20H34N4O7. The molecule has 2 saturated heterocycles. The van der Waals surface area contributed by atoms with Crippen LogP contribution in [0, 0.1) is 0 Å². The molecule has 0 aromatic rings. The standard InChI is InChI=1S/C20H34N4O7/c1-14-10-22(13-18(28)31-30-14)6-7-23(12-17(26)27)11-16(25)21-15-8-19(2,3)24(29)20(4,5)9-15/h15,29H,1,6-13H2,2-5H3,(H,21,25)(H,26,27). The SMILES string of the molecule is C=C1CN(CCN(CC(=O)O)CC(=O)NC2CC(C)(C)N(O)C(C)(C)C2)CC(=O)OO1. The highest BCUT2D eigenvalue weighted by molar-refractivity contribution is 5.79. The number of carbonyl (C=O) groups excluding carboxylic acids is 2. The van der Waals surface area contributed by atoms with Crippen LogP contribution in [0.1, 0.15) is 40.5 Å². The Labute approximate surface area is 182 Å². The summed E-state index contributed by atoms with van der Waals surface area (Å²) in [6, 6.07) is -0.145. The van der Waals surface area contributed by atoms with Crippen LogP contribution in [0.3, 0.4) is 0 Å². The van der Waals surface area contributed by atoms with E-state index in [0.29, 0.717) is 19.4 Å². The molecule has 31 heavy (non-hydrogen) atoms. The summed E-state index contributed by atoms with van der Waals surface area (Å²) < 4.78 is 0. The number of amides is 1. The number of piperidine rings is 1. The topological polar surface area (TPSA) is 132 Å². The van der Waals surface area contributed by atoms with Crippen molar-refractivity contribution in [3.8, 4) is 0 Å². The second kappa shape index (κ2) is 9.94. The summed E-state index contributed by atoms with van der Waals surface area (Å²) in [7, 11) is 0. The molecule has 2 fully saturated rings. The normalized spacial score (nSPS) is 22.5. The first-order chi connectivity index (χ1) is 14.3. The molecule has 2 aliphatic rings. The zero-order valence-electron chi connectivity index (χ0n) is 18.7. The van der Waals surface area contributed by atoms with Gasteiger partial charge in [0.2, 0.25) is 5.91 Å². The van der Waals surface area contributed by atoms with E-state index >= 15 is 0 Å². The second-order valence-electron chi connectivity index (χ2n) is 9.50. The van der Waals surface area contributed by atoms with E-state index in [1.807, 2.05) is 27.7 Å². The summed E-state index contributed by atoms with van der Waals surface area (Å²) in [5.74, 6) is -1.63. The van der Waals surface area contributed by atoms with E-state index in [9.17, 15) is 24.7 Å². The van der Waals surface area contributed by atoms with Crippen LogP contribution in [-0.4, -0.2) is 99.4 Å². The van der Waals surface area contributed by atoms with Crippen molar-refractivity contribution in [1.82, 2.24) is 20.2 Å². The van der Waals surface area contributed by atoms with Crippen LogP contribution in [0.2, 0.25) is 0 Å². The maximum absolute atomic E-state index is 12.7. The Morgan fingerprint density at radius 3 is 2.35 bits per heavy atom. The van der Waals surface area contributed by atoms with Gasteiger partial charge in [0.05, 0.1) is 19.6 Å². The number of hydrogen-bond acceptors (Lipinski definition) is 9. The minimum absolute atomic E-state index is 0.0178. The highest BCUT2D eigenvalue weighted by atomic mass is 17.2. The van der Waals surface area contributed by atoms with E-state index in [-0.39, 0.29) is 50.4 Å². The lowest BCUT2D eigenvalue weighted by molar-refractivity contribution is -0.246. The number of carboxylic acids is 1. The van der Waals surface area contributed by atoms with Crippen molar-refractivity contribution in [3.63, 3.8) is 0 Å². The third kappa shape index (κ3) is 7.46. The molecule has 0 spiro atoms. The molecule has 0 atom stereocenters. The van der Waals surface area contributed by atoms with Gasteiger partial charge in [-0.15, -0.1) is 0 Å². The first kappa shape index (κ1) is 25.1.